The van der Waals surface area contributed by atoms with Gasteiger partial charge >= 0.3 is 5.97 Å². The minimum absolute atomic E-state index is 0.289. The van der Waals surface area contributed by atoms with E-state index >= 15 is 0 Å². The van der Waals surface area contributed by atoms with Gasteiger partial charge in [0.05, 0.1) is 13.2 Å². The van der Waals surface area contributed by atoms with Crippen molar-refractivity contribution < 1.29 is 14.6 Å². The average molecular weight is 198 g/mol. The molecule has 0 aromatic carbocycles. The van der Waals surface area contributed by atoms with Crippen molar-refractivity contribution in [1.82, 2.24) is 0 Å². The molecule has 0 rings (SSSR count). The zero-order valence-corrected chi connectivity index (χ0v) is 9.20. The first-order valence-corrected chi connectivity index (χ1v) is 4.50. The van der Waals surface area contributed by atoms with Gasteiger partial charge in [-0.25, -0.2) is 4.79 Å². The number of rotatable bonds is 4. The number of hydrogen-bond acceptors (Lipinski definition) is 3. The summed E-state index contributed by atoms with van der Waals surface area (Å²) < 4.78 is 4.52. The van der Waals surface area contributed by atoms with Crippen molar-refractivity contribution in [1.29, 1.82) is 0 Å². The van der Waals surface area contributed by atoms with Crippen LogP contribution < -0.4 is 0 Å². The zero-order chi connectivity index (χ0) is 11.3. The lowest BCUT2D eigenvalue weighted by Crippen LogP contribution is -2.22. The number of allylic oxidation sites excluding steroid dienone is 1. The Kier molecular flexibility index (Phi) is 5.16. The van der Waals surface area contributed by atoms with Crippen molar-refractivity contribution in [2.24, 2.45) is 5.92 Å². The number of aliphatic hydroxyl groups is 1. The Morgan fingerprint density at radius 3 is 2.36 bits per heavy atom. The van der Waals surface area contributed by atoms with Crippen molar-refractivity contribution in [2.45, 2.75) is 26.9 Å². The molecule has 14 heavy (non-hydrogen) atoms. The minimum Gasteiger partial charge on any atom is -0.466 e. The smallest absolute Gasteiger partial charge is 0.333 e. The van der Waals surface area contributed by atoms with Gasteiger partial charge in [-0.05, 0) is 13.8 Å². The van der Waals surface area contributed by atoms with Crippen LogP contribution in [0.1, 0.15) is 20.8 Å². The molecular weight excluding hydrogens is 180 g/mol. The van der Waals surface area contributed by atoms with Gasteiger partial charge < -0.3 is 9.84 Å². The van der Waals surface area contributed by atoms with E-state index < -0.39 is 12.1 Å². The molecule has 0 spiro atoms. The number of hydrogen-bond donors (Lipinski definition) is 1. The van der Waals surface area contributed by atoms with E-state index in [-0.39, 0.29) is 11.5 Å². The van der Waals surface area contributed by atoms with Crippen LogP contribution in [0, 0.1) is 5.92 Å². The summed E-state index contributed by atoms with van der Waals surface area (Å²) in [6.07, 6.45) is 1.00. The standard InChI is InChI=1S/C11H18O3/c1-7(2)6-10(12)8(3)9(4)11(13)14-5/h6,8,10,12H,4H2,1-3,5H3/t8-,10-/m1/s1. The summed E-state index contributed by atoms with van der Waals surface area (Å²) in [7, 11) is 1.30. The van der Waals surface area contributed by atoms with Crippen LogP contribution in [0.2, 0.25) is 0 Å². The molecule has 0 bridgehead atoms. The van der Waals surface area contributed by atoms with Gasteiger partial charge in [0.2, 0.25) is 0 Å². The van der Waals surface area contributed by atoms with Gasteiger partial charge in [0.15, 0.2) is 0 Å². The SMILES string of the molecule is C=C(C(=O)OC)[C@@H](C)[C@H](O)C=C(C)C. The Morgan fingerprint density at radius 2 is 2.00 bits per heavy atom. The van der Waals surface area contributed by atoms with Gasteiger partial charge in [-0.1, -0.05) is 25.2 Å². The lowest BCUT2D eigenvalue weighted by atomic mass is 9.95. The minimum atomic E-state index is -0.688. The highest BCUT2D eigenvalue weighted by Gasteiger charge is 2.20. The van der Waals surface area contributed by atoms with Gasteiger partial charge in [-0.2, -0.15) is 0 Å². The second kappa shape index (κ2) is 5.60. The van der Waals surface area contributed by atoms with Crippen LogP contribution in [0.5, 0.6) is 0 Å². The predicted octanol–water partition coefficient (Wildman–Crippen LogP) is 1.68. The van der Waals surface area contributed by atoms with Gasteiger partial charge in [-0.15, -0.1) is 0 Å². The third kappa shape index (κ3) is 3.75. The molecule has 80 valence electrons. The van der Waals surface area contributed by atoms with Gasteiger partial charge in [0.1, 0.15) is 0 Å². The molecule has 1 N–H and O–H groups in total. The maximum atomic E-state index is 11.1. The fraction of sp³-hybridized carbons (Fsp3) is 0.545. The number of carbonyl (C=O) groups excluding carboxylic acids is 1. The summed E-state index contributed by atoms with van der Waals surface area (Å²) in [6, 6.07) is 0. The highest BCUT2D eigenvalue weighted by Crippen LogP contribution is 2.16. The molecule has 2 atom stereocenters. The van der Waals surface area contributed by atoms with Crippen LogP contribution in [0.3, 0.4) is 0 Å². The van der Waals surface area contributed by atoms with Crippen molar-refractivity contribution >= 4 is 5.97 Å². The Labute approximate surface area is 85.1 Å². The lowest BCUT2D eigenvalue weighted by molar-refractivity contribution is -0.137. The largest absolute Gasteiger partial charge is 0.466 e. The van der Waals surface area contributed by atoms with Crippen LogP contribution in [-0.2, 0) is 9.53 Å². The van der Waals surface area contributed by atoms with Crippen LogP contribution in [0.15, 0.2) is 23.8 Å². The predicted molar refractivity (Wildman–Crippen MR) is 55.8 cm³/mol. The van der Waals surface area contributed by atoms with Crippen molar-refractivity contribution in [3.63, 3.8) is 0 Å². The molecule has 0 aliphatic rings. The number of aliphatic hydroxyl groups excluding tert-OH is 1. The number of esters is 1. The lowest BCUT2D eigenvalue weighted by Gasteiger charge is -2.17. The summed E-state index contributed by atoms with van der Waals surface area (Å²) in [5.41, 5.74) is 1.29. The van der Waals surface area contributed by atoms with Crippen molar-refractivity contribution in [2.75, 3.05) is 7.11 Å². The highest BCUT2D eigenvalue weighted by molar-refractivity contribution is 5.88. The molecule has 0 saturated heterocycles. The molecule has 3 heteroatoms. The van der Waals surface area contributed by atoms with Crippen LogP contribution in [0.25, 0.3) is 0 Å². The molecule has 0 unspecified atom stereocenters. The van der Waals surface area contributed by atoms with E-state index in [1.54, 1.807) is 13.0 Å². The topological polar surface area (TPSA) is 46.5 Å². The highest BCUT2D eigenvalue weighted by atomic mass is 16.5. The van der Waals surface area contributed by atoms with Crippen molar-refractivity contribution in [3.05, 3.63) is 23.8 Å². The molecule has 0 aliphatic carbocycles. The molecule has 0 aromatic rings. The van der Waals surface area contributed by atoms with Crippen LogP contribution in [-0.4, -0.2) is 24.3 Å². The molecule has 0 saturated carbocycles. The van der Waals surface area contributed by atoms with E-state index in [4.69, 9.17) is 0 Å². The summed E-state index contributed by atoms with van der Waals surface area (Å²) in [4.78, 5) is 11.1. The maximum absolute atomic E-state index is 11.1. The van der Waals surface area contributed by atoms with Gasteiger partial charge in [0.25, 0.3) is 0 Å². The van der Waals surface area contributed by atoms with Crippen molar-refractivity contribution in [3.8, 4) is 0 Å². The van der Waals surface area contributed by atoms with E-state index in [9.17, 15) is 9.90 Å². The fourth-order valence-corrected chi connectivity index (χ4v) is 1.01. The van der Waals surface area contributed by atoms with Gasteiger partial charge in [0, 0.05) is 11.5 Å². The number of methoxy groups -OCH3 is 1. The van der Waals surface area contributed by atoms with E-state index in [2.05, 4.69) is 11.3 Å². The average Bonchev–Trinajstić information content (AvgIpc) is 2.13. The Bertz CT molecular complexity index is 249. The first kappa shape index (κ1) is 12.9. The van der Waals surface area contributed by atoms with E-state index in [0.717, 1.165) is 5.57 Å². The number of carbonyl (C=O) groups is 1. The first-order chi connectivity index (χ1) is 6.40. The second-order valence-corrected chi connectivity index (χ2v) is 3.54. The molecule has 0 aliphatic heterocycles. The normalized spacial score (nSPS) is 14.1. The quantitative estimate of drug-likeness (QED) is 0.424. The van der Waals surface area contributed by atoms with Crippen LogP contribution in [0.4, 0.5) is 0 Å². The third-order valence-electron chi connectivity index (χ3n) is 2.01. The van der Waals surface area contributed by atoms with Crippen LogP contribution >= 0.6 is 0 Å². The zero-order valence-electron chi connectivity index (χ0n) is 9.20. The summed E-state index contributed by atoms with van der Waals surface area (Å²) in [5.74, 6) is -0.795. The van der Waals surface area contributed by atoms with E-state index in [0.29, 0.717) is 0 Å². The summed E-state index contributed by atoms with van der Waals surface area (Å²) >= 11 is 0. The fourth-order valence-electron chi connectivity index (χ4n) is 1.01. The van der Waals surface area contributed by atoms with Gasteiger partial charge in [-0.3, -0.25) is 0 Å². The number of ether oxygens (including phenoxy) is 1. The molecular formula is C11H18O3. The Morgan fingerprint density at radius 1 is 1.50 bits per heavy atom. The molecule has 3 nitrogen and oxygen atoms in total. The summed E-state index contributed by atoms with van der Waals surface area (Å²) in [5, 5.41) is 9.66. The second-order valence-electron chi connectivity index (χ2n) is 3.54. The van der Waals surface area contributed by atoms with E-state index in [1.165, 1.54) is 7.11 Å². The maximum Gasteiger partial charge on any atom is 0.333 e. The molecule has 0 radical (unpaired) electrons. The molecule has 0 amide bonds. The monoisotopic (exact) mass is 198 g/mol. The summed E-state index contributed by atoms with van der Waals surface area (Å²) in [6.45, 7) is 9.10. The van der Waals surface area contributed by atoms with E-state index in [1.807, 2.05) is 13.8 Å². The third-order valence-corrected chi connectivity index (χ3v) is 2.01. The molecule has 0 fully saturated rings. The first-order valence-electron chi connectivity index (χ1n) is 4.50. The molecule has 0 heterocycles. The molecule has 0 aromatic heterocycles. The Hall–Kier alpha value is -1.09. The Balaban J connectivity index is 4.47.